The predicted molar refractivity (Wildman–Crippen MR) is 80.9 cm³/mol. The van der Waals surface area contributed by atoms with Gasteiger partial charge in [-0.3, -0.25) is 0 Å². The first-order valence-electron chi connectivity index (χ1n) is 6.31. The SMILES string of the molecule is COc1c(C)cc(-c2csc(C(C)N)n2)c(C)c1C. The first-order valence-corrected chi connectivity index (χ1v) is 7.19. The van der Waals surface area contributed by atoms with Crippen molar-refractivity contribution >= 4 is 11.3 Å². The van der Waals surface area contributed by atoms with E-state index in [0.717, 1.165) is 22.0 Å². The van der Waals surface area contributed by atoms with E-state index in [1.54, 1.807) is 18.4 Å². The van der Waals surface area contributed by atoms with Gasteiger partial charge in [0.15, 0.2) is 0 Å². The van der Waals surface area contributed by atoms with Gasteiger partial charge in [0.25, 0.3) is 0 Å². The molecule has 0 fully saturated rings. The van der Waals surface area contributed by atoms with Crippen LogP contribution < -0.4 is 10.5 Å². The molecule has 19 heavy (non-hydrogen) atoms. The van der Waals surface area contributed by atoms with Gasteiger partial charge >= 0.3 is 0 Å². The topological polar surface area (TPSA) is 48.1 Å². The molecule has 4 heteroatoms. The number of ether oxygens (including phenoxy) is 1. The van der Waals surface area contributed by atoms with E-state index in [2.05, 4.69) is 37.2 Å². The Bertz CT molecular complexity index is 602. The molecule has 0 amide bonds. The molecule has 0 saturated heterocycles. The Morgan fingerprint density at radius 3 is 2.47 bits per heavy atom. The van der Waals surface area contributed by atoms with E-state index >= 15 is 0 Å². The molecule has 0 bridgehead atoms. The maximum absolute atomic E-state index is 5.88. The van der Waals surface area contributed by atoms with Crippen LogP contribution in [-0.2, 0) is 0 Å². The molecule has 2 aromatic rings. The number of hydrogen-bond acceptors (Lipinski definition) is 4. The predicted octanol–water partition coefficient (Wildman–Crippen LogP) is 3.76. The van der Waals surface area contributed by atoms with Gasteiger partial charge in [-0.25, -0.2) is 4.98 Å². The van der Waals surface area contributed by atoms with Crippen LogP contribution in [0.1, 0.15) is 34.7 Å². The number of nitrogens with two attached hydrogens (primary N) is 1. The minimum Gasteiger partial charge on any atom is -0.496 e. The highest BCUT2D eigenvalue weighted by Crippen LogP contribution is 2.35. The molecule has 0 aliphatic rings. The van der Waals surface area contributed by atoms with Gasteiger partial charge in [-0.1, -0.05) is 0 Å². The quantitative estimate of drug-likeness (QED) is 0.928. The van der Waals surface area contributed by atoms with Gasteiger partial charge in [-0.05, 0) is 50.5 Å². The van der Waals surface area contributed by atoms with Crippen LogP contribution in [-0.4, -0.2) is 12.1 Å². The number of methoxy groups -OCH3 is 1. The molecule has 102 valence electrons. The van der Waals surface area contributed by atoms with Gasteiger partial charge in [-0.2, -0.15) is 0 Å². The van der Waals surface area contributed by atoms with Crippen LogP contribution in [0.3, 0.4) is 0 Å². The Kier molecular flexibility index (Phi) is 3.92. The third-order valence-electron chi connectivity index (χ3n) is 3.42. The summed E-state index contributed by atoms with van der Waals surface area (Å²) < 4.78 is 5.45. The molecule has 0 aliphatic carbocycles. The number of nitrogens with zero attached hydrogens (tertiary/aromatic N) is 1. The van der Waals surface area contributed by atoms with Crippen molar-refractivity contribution in [3.8, 4) is 17.0 Å². The number of thiazole rings is 1. The second kappa shape index (κ2) is 5.31. The second-order valence-corrected chi connectivity index (χ2v) is 5.77. The molecule has 1 heterocycles. The van der Waals surface area contributed by atoms with Crippen molar-refractivity contribution in [1.29, 1.82) is 0 Å². The van der Waals surface area contributed by atoms with Gasteiger partial charge in [0.2, 0.25) is 0 Å². The summed E-state index contributed by atoms with van der Waals surface area (Å²) in [6, 6.07) is 2.13. The Morgan fingerprint density at radius 2 is 1.95 bits per heavy atom. The maximum Gasteiger partial charge on any atom is 0.124 e. The smallest absolute Gasteiger partial charge is 0.124 e. The monoisotopic (exact) mass is 276 g/mol. The molecule has 2 rings (SSSR count). The summed E-state index contributed by atoms with van der Waals surface area (Å²) in [6.07, 6.45) is 0. The molecule has 0 spiro atoms. The van der Waals surface area contributed by atoms with Crippen molar-refractivity contribution in [1.82, 2.24) is 4.98 Å². The Hall–Kier alpha value is -1.39. The van der Waals surface area contributed by atoms with Crippen LogP contribution in [0.5, 0.6) is 5.75 Å². The lowest BCUT2D eigenvalue weighted by Crippen LogP contribution is -2.04. The molecule has 0 radical (unpaired) electrons. The normalized spacial score (nSPS) is 12.5. The minimum absolute atomic E-state index is 0.0144. The first kappa shape index (κ1) is 14.0. The number of benzene rings is 1. The Balaban J connectivity index is 2.56. The van der Waals surface area contributed by atoms with Crippen molar-refractivity contribution in [3.63, 3.8) is 0 Å². The standard InChI is InChI=1S/C15H20N2OS/c1-8-6-12(9(2)10(3)14(8)18-5)13-7-19-15(17-13)11(4)16/h6-7,11H,16H2,1-5H3. The number of rotatable bonds is 3. The fraction of sp³-hybridized carbons (Fsp3) is 0.400. The van der Waals surface area contributed by atoms with Crippen molar-refractivity contribution in [2.75, 3.05) is 7.11 Å². The fourth-order valence-electron chi connectivity index (χ4n) is 2.26. The molecule has 2 N–H and O–H groups in total. The molecule has 0 aliphatic heterocycles. The Morgan fingerprint density at radius 1 is 1.26 bits per heavy atom. The van der Waals surface area contributed by atoms with E-state index in [1.165, 1.54) is 16.7 Å². The Labute approximate surface area is 118 Å². The summed E-state index contributed by atoms with van der Waals surface area (Å²) in [7, 11) is 1.71. The third kappa shape index (κ3) is 2.51. The number of aryl methyl sites for hydroxylation is 1. The molecule has 1 unspecified atom stereocenters. The number of hydrogen-bond donors (Lipinski definition) is 1. The average molecular weight is 276 g/mol. The molecular weight excluding hydrogens is 256 g/mol. The van der Waals surface area contributed by atoms with Crippen molar-refractivity contribution in [2.45, 2.75) is 33.7 Å². The van der Waals surface area contributed by atoms with Crippen molar-refractivity contribution < 1.29 is 4.74 Å². The lowest BCUT2D eigenvalue weighted by molar-refractivity contribution is 0.408. The van der Waals surface area contributed by atoms with Crippen LogP contribution in [0.4, 0.5) is 0 Å². The van der Waals surface area contributed by atoms with Gasteiger partial charge < -0.3 is 10.5 Å². The van der Waals surface area contributed by atoms with E-state index < -0.39 is 0 Å². The summed E-state index contributed by atoms with van der Waals surface area (Å²) in [5.41, 5.74) is 11.6. The van der Waals surface area contributed by atoms with Crippen LogP contribution in [0, 0.1) is 20.8 Å². The highest BCUT2D eigenvalue weighted by Gasteiger charge is 2.15. The van der Waals surface area contributed by atoms with E-state index in [-0.39, 0.29) is 6.04 Å². The van der Waals surface area contributed by atoms with Crippen LogP contribution >= 0.6 is 11.3 Å². The second-order valence-electron chi connectivity index (χ2n) is 4.88. The minimum atomic E-state index is -0.0144. The summed E-state index contributed by atoms with van der Waals surface area (Å²) in [5, 5.41) is 3.05. The lowest BCUT2D eigenvalue weighted by Gasteiger charge is -2.14. The van der Waals surface area contributed by atoms with Crippen LogP contribution in [0.2, 0.25) is 0 Å². The average Bonchev–Trinajstić information content (AvgIpc) is 2.84. The van der Waals surface area contributed by atoms with Crippen LogP contribution in [0.15, 0.2) is 11.4 Å². The number of aromatic nitrogens is 1. The highest BCUT2D eigenvalue weighted by atomic mass is 32.1. The van der Waals surface area contributed by atoms with E-state index in [1.807, 2.05) is 6.92 Å². The van der Waals surface area contributed by atoms with Crippen LogP contribution in [0.25, 0.3) is 11.3 Å². The molecule has 1 aromatic carbocycles. The molecule has 3 nitrogen and oxygen atoms in total. The zero-order valence-electron chi connectivity index (χ0n) is 12.1. The molecular formula is C15H20N2OS. The van der Waals surface area contributed by atoms with Crippen molar-refractivity contribution in [3.05, 3.63) is 33.1 Å². The van der Waals surface area contributed by atoms with E-state index in [4.69, 9.17) is 10.5 Å². The molecule has 1 aromatic heterocycles. The van der Waals surface area contributed by atoms with E-state index in [9.17, 15) is 0 Å². The maximum atomic E-state index is 5.88. The third-order valence-corrected chi connectivity index (χ3v) is 4.46. The summed E-state index contributed by atoms with van der Waals surface area (Å²) in [4.78, 5) is 4.63. The van der Waals surface area contributed by atoms with E-state index in [0.29, 0.717) is 0 Å². The fourth-order valence-corrected chi connectivity index (χ4v) is 3.04. The van der Waals surface area contributed by atoms with Gasteiger partial charge in [-0.15, -0.1) is 11.3 Å². The largest absolute Gasteiger partial charge is 0.496 e. The van der Waals surface area contributed by atoms with Gasteiger partial charge in [0, 0.05) is 10.9 Å². The molecule has 0 saturated carbocycles. The summed E-state index contributed by atoms with van der Waals surface area (Å²) in [6.45, 7) is 8.22. The first-order chi connectivity index (χ1) is 8.95. The zero-order chi connectivity index (χ0) is 14.2. The lowest BCUT2D eigenvalue weighted by atomic mass is 9.97. The van der Waals surface area contributed by atoms with Gasteiger partial charge in [0.1, 0.15) is 10.8 Å². The van der Waals surface area contributed by atoms with Crippen molar-refractivity contribution in [2.24, 2.45) is 5.73 Å². The molecule has 1 atom stereocenters. The highest BCUT2D eigenvalue weighted by molar-refractivity contribution is 7.10. The summed E-state index contributed by atoms with van der Waals surface area (Å²) in [5.74, 6) is 0.962. The summed E-state index contributed by atoms with van der Waals surface area (Å²) >= 11 is 1.62. The zero-order valence-corrected chi connectivity index (χ0v) is 12.9. The van der Waals surface area contributed by atoms with Gasteiger partial charge in [0.05, 0.1) is 18.8 Å².